The fourth-order valence-corrected chi connectivity index (χ4v) is 8.44. The van der Waals surface area contributed by atoms with Crippen molar-refractivity contribution in [2.75, 3.05) is 13.7 Å². The second-order valence-electron chi connectivity index (χ2n) is 16.2. The number of hydrogen-bond acceptors (Lipinski definition) is 7. The largest absolute Gasteiger partial charge is 0.497 e. The summed E-state index contributed by atoms with van der Waals surface area (Å²) in [5, 5.41) is 10.5. The fourth-order valence-electron chi connectivity index (χ4n) is 5.33. The summed E-state index contributed by atoms with van der Waals surface area (Å²) in [6, 6.07) is 7.84. The summed E-state index contributed by atoms with van der Waals surface area (Å²) in [7, 11) is -2.65. The summed E-state index contributed by atoms with van der Waals surface area (Å²) in [6.45, 7) is 26.9. The number of benzene rings is 1. The van der Waals surface area contributed by atoms with Crippen molar-refractivity contribution < 1.29 is 33.0 Å². The molecule has 1 heterocycles. The molecule has 2 rings (SSSR count). The lowest BCUT2D eigenvalue weighted by molar-refractivity contribution is -0.186. The number of methoxy groups -OCH3 is 1. The molecule has 0 unspecified atom stereocenters. The molecule has 0 aromatic heterocycles. The molecule has 0 saturated carbocycles. The van der Waals surface area contributed by atoms with E-state index in [-0.39, 0.29) is 58.7 Å². The van der Waals surface area contributed by atoms with Crippen LogP contribution in [0, 0.1) is 11.8 Å². The number of halogens is 1. The zero-order valence-electron chi connectivity index (χ0n) is 30.8. The van der Waals surface area contributed by atoms with Crippen molar-refractivity contribution in [2.24, 2.45) is 11.8 Å². The molecule has 7 nitrogen and oxygen atoms in total. The molecule has 264 valence electrons. The van der Waals surface area contributed by atoms with Gasteiger partial charge in [0.05, 0.1) is 44.7 Å². The zero-order valence-corrected chi connectivity index (χ0v) is 35.0. The molecule has 0 amide bonds. The summed E-state index contributed by atoms with van der Waals surface area (Å²) < 4.78 is 34.1. The first-order valence-electron chi connectivity index (χ1n) is 16.8. The normalized spacial score (nSPS) is 23.7. The molecule has 0 spiro atoms. The first kappa shape index (κ1) is 41.6. The summed E-state index contributed by atoms with van der Waals surface area (Å²) in [4.78, 5) is 13.6. The molecule has 1 aliphatic heterocycles. The van der Waals surface area contributed by atoms with Gasteiger partial charge in [0.1, 0.15) is 17.6 Å². The van der Waals surface area contributed by atoms with E-state index >= 15 is 0 Å². The van der Waals surface area contributed by atoms with Crippen LogP contribution >= 0.6 is 22.6 Å². The number of rotatable bonds is 16. The number of ether oxygens (including phenoxy) is 3. The summed E-state index contributed by atoms with van der Waals surface area (Å²) in [5.74, 6) is 0.900. The smallest absolute Gasteiger partial charge is 0.192 e. The van der Waals surface area contributed by atoms with E-state index in [0.29, 0.717) is 25.9 Å². The Morgan fingerprint density at radius 1 is 0.978 bits per heavy atom. The molecule has 7 atom stereocenters. The van der Waals surface area contributed by atoms with E-state index in [1.807, 2.05) is 34.4 Å². The van der Waals surface area contributed by atoms with Crippen LogP contribution in [0.3, 0.4) is 0 Å². The Balaban J connectivity index is 2.19. The van der Waals surface area contributed by atoms with Gasteiger partial charge in [0, 0.05) is 19.3 Å². The highest BCUT2D eigenvalue weighted by atomic mass is 127. The average molecular weight is 791 g/mol. The Labute approximate surface area is 295 Å². The van der Waals surface area contributed by atoms with Crippen molar-refractivity contribution in [1.82, 2.24) is 0 Å². The van der Waals surface area contributed by atoms with Crippen LogP contribution in [0.1, 0.15) is 80.2 Å². The molecule has 1 saturated heterocycles. The molecule has 1 N–H and O–H groups in total. The third kappa shape index (κ3) is 11.8. The first-order chi connectivity index (χ1) is 21.2. The van der Waals surface area contributed by atoms with Gasteiger partial charge in [-0.15, -0.1) is 0 Å². The zero-order chi connectivity index (χ0) is 35.1. The van der Waals surface area contributed by atoms with Crippen LogP contribution < -0.4 is 4.74 Å². The van der Waals surface area contributed by atoms with Crippen molar-refractivity contribution in [1.29, 1.82) is 0 Å². The minimum Gasteiger partial charge on any atom is -0.497 e. The van der Waals surface area contributed by atoms with Crippen molar-refractivity contribution in [3.05, 3.63) is 40.0 Å². The highest BCUT2D eigenvalue weighted by Gasteiger charge is 2.49. The van der Waals surface area contributed by atoms with Gasteiger partial charge in [-0.2, -0.15) is 0 Å². The van der Waals surface area contributed by atoms with E-state index in [9.17, 15) is 9.90 Å². The number of carbonyl (C=O) groups is 1. The predicted octanol–water partition coefficient (Wildman–Crippen LogP) is 9.08. The predicted molar refractivity (Wildman–Crippen MR) is 202 cm³/mol. The van der Waals surface area contributed by atoms with Crippen LogP contribution in [-0.2, 0) is 29.7 Å². The van der Waals surface area contributed by atoms with Gasteiger partial charge < -0.3 is 28.2 Å². The number of aliphatic hydroxyl groups is 1. The van der Waals surface area contributed by atoms with Gasteiger partial charge in [-0.3, -0.25) is 4.79 Å². The van der Waals surface area contributed by atoms with Crippen LogP contribution in [0.4, 0.5) is 0 Å². The molecular weight excluding hydrogens is 727 g/mol. The lowest BCUT2D eigenvalue weighted by Gasteiger charge is -2.50. The van der Waals surface area contributed by atoms with Gasteiger partial charge in [0.25, 0.3) is 0 Å². The minimum atomic E-state index is -2.17. The molecule has 1 aromatic carbocycles. The quantitative estimate of drug-likeness (QED) is 0.132. The number of Topliss-reactive ketones (excluding diaryl/α,β-unsaturated/α-hetero) is 1. The average Bonchev–Trinajstić information content (AvgIpc) is 2.93. The Bertz CT molecular complexity index is 1110. The van der Waals surface area contributed by atoms with Gasteiger partial charge >= 0.3 is 0 Å². The van der Waals surface area contributed by atoms with Crippen molar-refractivity contribution in [3.8, 4) is 5.75 Å². The van der Waals surface area contributed by atoms with E-state index in [0.717, 1.165) is 11.3 Å². The second kappa shape index (κ2) is 17.4. The van der Waals surface area contributed by atoms with Crippen molar-refractivity contribution >= 4 is 45.0 Å². The molecule has 0 bridgehead atoms. The molecule has 0 radical (unpaired) electrons. The second-order valence-corrected chi connectivity index (χ2v) is 26.5. The van der Waals surface area contributed by atoms with Gasteiger partial charge in [-0.1, -0.05) is 90.1 Å². The lowest BCUT2D eigenvalue weighted by Crippen LogP contribution is -2.59. The summed E-state index contributed by atoms with van der Waals surface area (Å²) in [5.41, 5.74) is 1.05. The van der Waals surface area contributed by atoms with E-state index in [4.69, 9.17) is 23.1 Å². The Morgan fingerprint density at radius 2 is 1.52 bits per heavy atom. The maximum absolute atomic E-state index is 13.6. The number of aliphatic hydroxyl groups excluding tert-OH is 1. The highest BCUT2D eigenvalue weighted by molar-refractivity contribution is 14.1. The number of ketones is 1. The SMILES string of the molecule is COc1ccc(CO[C@H](/C=C/I)[C@@H](C)CC(=O)C[C@H](C)[C@@H]2O[C@H](CO)[C@H](O[Si](C)(C)C(C)(C)C)C[C@@H]2O[Si](C)(C)C(C)(C)C)cc1. The number of carbonyl (C=O) groups excluding carboxylic acids is 1. The van der Waals surface area contributed by atoms with Crippen LogP contribution in [0.15, 0.2) is 34.4 Å². The molecule has 10 heteroatoms. The maximum atomic E-state index is 13.6. The van der Waals surface area contributed by atoms with Gasteiger partial charge in [0.2, 0.25) is 0 Å². The van der Waals surface area contributed by atoms with Crippen molar-refractivity contribution in [2.45, 2.75) is 148 Å². The van der Waals surface area contributed by atoms with Crippen molar-refractivity contribution in [3.63, 3.8) is 0 Å². The molecule has 1 fully saturated rings. The Kier molecular flexibility index (Phi) is 15.7. The molecule has 0 aliphatic carbocycles. The minimum absolute atomic E-state index is 0.00285. The topological polar surface area (TPSA) is 83.5 Å². The van der Waals surface area contributed by atoms with Crippen LogP contribution in [0.25, 0.3) is 0 Å². The maximum Gasteiger partial charge on any atom is 0.192 e. The van der Waals surface area contributed by atoms with Gasteiger partial charge in [0.15, 0.2) is 16.6 Å². The summed E-state index contributed by atoms with van der Waals surface area (Å²) in [6.07, 6.45) is 1.99. The third-order valence-corrected chi connectivity index (χ3v) is 19.8. The summed E-state index contributed by atoms with van der Waals surface area (Å²) >= 11 is 2.20. The monoisotopic (exact) mass is 790 g/mol. The Morgan fingerprint density at radius 3 is 2.00 bits per heavy atom. The first-order valence-corrected chi connectivity index (χ1v) is 23.9. The van der Waals surface area contributed by atoms with E-state index < -0.39 is 22.7 Å². The Hall–Kier alpha value is -0.606. The molecule has 46 heavy (non-hydrogen) atoms. The molecule has 1 aromatic rings. The highest BCUT2D eigenvalue weighted by Crippen LogP contribution is 2.43. The van der Waals surface area contributed by atoms with Crippen LogP contribution in [0.2, 0.25) is 36.3 Å². The molecular formula is C36H63IO7Si2. The van der Waals surface area contributed by atoms with Gasteiger partial charge in [-0.25, -0.2) is 0 Å². The van der Waals surface area contributed by atoms with Crippen LogP contribution in [-0.4, -0.2) is 71.8 Å². The van der Waals surface area contributed by atoms with Gasteiger partial charge in [-0.05, 0) is 76.0 Å². The lowest BCUT2D eigenvalue weighted by atomic mass is 9.86. The van der Waals surface area contributed by atoms with Crippen LogP contribution in [0.5, 0.6) is 5.75 Å². The molecule has 1 aliphatic rings. The standard InChI is InChI=1S/C36H63IO7Si2/c1-25(30(18-19-37)41-24-27-14-16-29(40-9)17-15-27)20-28(39)21-26(2)34-32(44-46(12,13)36(6,7)8)22-31(33(23-38)42-34)43-45(10,11)35(3,4)5/h14-19,25-26,30-34,38H,20-24H2,1-13H3/b19-18+/t25-,26-,30+,31+,32-,33+,34-/m0/s1. The fraction of sp³-hybridized carbons (Fsp3) is 0.750. The third-order valence-electron chi connectivity index (χ3n) is 10.3. The number of hydrogen-bond donors (Lipinski definition) is 1. The van der Waals surface area contributed by atoms with E-state index in [2.05, 4.69) is 104 Å². The van der Waals surface area contributed by atoms with E-state index in [1.54, 1.807) is 7.11 Å². The van der Waals surface area contributed by atoms with E-state index in [1.165, 1.54) is 0 Å².